The zero-order chi connectivity index (χ0) is 28.1. The SMILES string of the molecule is CCC(=O)c1ccccc1OC1OC2COC(c3ccc(OC)cc3)OC2C(OC(C)C(=O)O)C1NC(C)=O. The van der Waals surface area contributed by atoms with E-state index in [1.54, 1.807) is 62.6 Å². The number of carbonyl (C=O) groups is 3. The molecule has 210 valence electrons. The molecule has 11 nitrogen and oxygen atoms in total. The van der Waals surface area contributed by atoms with Crippen molar-refractivity contribution in [3.63, 3.8) is 0 Å². The Bertz CT molecular complexity index is 1170. The first-order valence-corrected chi connectivity index (χ1v) is 12.7. The first-order valence-electron chi connectivity index (χ1n) is 12.7. The van der Waals surface area contributed by atoms with Crippen LogP contribution in [0.15, 0.2) is 48.5 Å². The number of carboxylic acid groups (broad SMARTS) is 1. The average molecular weight is 544 g/mol. The summed E-state index contributed by atoms with van der Waals surface area (Å²) in [6.45, 7) is 4.53. The van der Waals surface area contributed by atoms with Gasteiger partial charge in [0, 0.05) is 18.9 Å². The van der Waals surface area contributed by atoms with Crippen LogP contribution in [0.25, 0.3) is 0 Å². The van der Waals surface area contributed by atoms with E-state index in [1.807, 2.05) is 0 Å². The quantitative estimate of drug-likeness (QED) is 0.430. The van der Waals surface area contributed by atoms with Crippen molar-refractivity contribution in [1.29, 1.82) is 0 Å². The molecule has 1 amide bonds. The molecule has 2 saturated heterocycles. The van der Waals surface area contributed by atoms with E-state index in [1.165, 1.54) is 13.8 Å². The van der Waals surface area contributed by atoms with Gasteiger partial charge in [0.1, 0.15) is 35.9 Å². The van der Waals surface area contributed by atoms with Crippen LogP contribution in [0.1, 0.15) is 49.4 Å². The Morgan fingerprint density at radius 3 is 2.46 bits per heavy atom. The number of carboxylic acids is 1. The number of ether oxygens (including phenoxy) is 6. The number of hydrogen-bond acceptors (Lipinski definition) is 9. The van der Waals surface area contributed by atoms with Crippen molar-refractivity contribution in [1.82, 2.24) is 5.32 Å². The van der Waals surface area contributed by atoms with Crippen molar-refractivity contribution in [2.45, 2.75) is 70.2 Å². The first-order chi connectivity index (χ1) is 18.7. The maximum atomic E-state index is 12.5. The van der Waals surface area contributed by atoms with Gasteiger partial charge in [-0.2, -0.15) is 0 Å². The molecule has 2 heterocycles. The van der Waals surface area contributed by atoms with E-state index in [0.29, 0.717) is 16.9 Å². The lowest BCUT2D eigenvalue weighted by Crippen LogP contribution is -2.68. The number of Topliss-reactive ketones (excluding diaryl/α,β-unsaturated/α-hetero) is 1. The topological polar surface area (TPSA) is 139 Å². The average Bonchev–Trinajstić information content (AvgIpc) is 2.94. The highest BCUT2D eigenvalue weighted by Gasteiger charge is 2.53. The number of benzene rings is 2. The summed E-state index contributed by atoms with van der Waals surface area (Å²) in [6.07, 6.45) is -5.46. The number of methoxy groups -OCH3 is 1. The van der Waals surface area contributed by atoms with Gasteiger partial charge in [0.05, 0.1) is 19.3 Å². The van der Waals surface area contributed by atoms with E-state index in [0.717, 1.165) is 0 Å². The molecule has 11 heteroatoms. The van der Waals surface area contributed by atoms with Crippen molar-refractivity contribution in [2.24, 2.45) is 0 Å². The van der Waals surface area contributed by atoms with Crippen LogP contribution in [-0.4, -0.2) is 73.2 Å². The Morgan fingerprint density at radius 2 is 1.82 bits per heavy atom. The summed E-state index contributed by atoms with van der Waals surface area (Å²) < 4.78 is 35.8. The second kappa shape index (κ2) is 12.6. The highest BCUT2D eigenvalue weighted by atomic mass is 16.8. The van der Waals surface area contributed by atoms with E-state index < -0.39 is 54.9 Å². The Hall–Kier alpha value is -3.51. The predicted octanol–water partition coefficient (Wildman–Crippen LogP) is 2.87. The lowest BCUT2D eigenvalue weighted by molar-refractivity contribution is -0.340. The molecule has 0 saturated carbocycles. The number of fused-ring (bicyclic) bond motifs is 1. The maximum absolute atomic E-state index is 12.5. The van der Waals surface area contributed by atoms with Crippen LogP contribution in [0.3, 0.4) is 0 Å². The van der Waals surface area contributed by atoms with Crippen molar-refractivity contribution in [3.05, 3.63) is 59.7 Å². The van der Waals surface area contributed by atoms with Crippen molar-refractivity contribution in [3.8, 4) is 11.5 Å². The van der Waals surface area contributed by atoms with E-state index >= 15 is 0 Å². The molecular formula is C28H33NO10. The van der Waals surface area contributed by atoms with E-state index in [9.17, 15) is 19.5 Å². The molecule has 2 N–H and O–H groups in total. The molecule has 39 heavy (non-hydrogen) atoms. The Balaban J connectivity index is 1.67. The lowest BCUT2D eigenvalue weighted by Gasteiger charge is -2.49. The number of hydrogen-bond donors (Lipinski definition) is 2. The van der Waals surface area contributed by atoms with Gasteiger partial charge >= 0.3 is 5.97 Å². The van der Waals surface area contributed by atoms with Crippen molar-refractivity contribution in [2.75, 3.05) is 13.7 Å². The van der Waals surface area contributed by atoms with Gasteiger partial charge in [0.25, 0.3) is 0 Å². The summed E-state index contributed by atoms with van der Waals surface area (Å²) in [5.41, 5.74) is 1.07. The molecule has 2 aromatic carbocycles. The Morgan fingerprint density at radius 1 is 1.10 bits per heavy atom. The minimum atomic E-state index is -1.23. The minimum Gasteiger partial charge on any atom is -0.497 e. The fraction of sp³-hybridized carbons (Fsp3) is 0.464. The number of nitrogens with one attached hydrogen (secondary N) is 1. The highest BCUT2D eigenvalue weighted by Crippen LogP contribution is 2.37. The number of amides is 1. The predicted molar refractivity (Wildman–Crippen MR) is 136 cm³/mol. The summed E-state index contributed by atoms with van der Waals surface area (Å²) in [5.74, 6) is -0.799. The van der Waals surface area contributed by atoms with E-state index in [2.05, 4.69) is 5.32 Å². The zero-order valence-corrected chi connectivity index (χ0v) is 22.2. The molecule has 7 unspecified atom stereocenters. The molecule has 2 aliphatic rings. The molecule has 0 bridgehead atoms. The molecule has 2 aromatic rings. The number of carbonyl (C=O) groups excluding carboxylic acids is 2. The van der Waals surface area contributed by atoms with Gasteiger partial charge in [0.2, 0.25) is 12.2 Å². The molecule has 0 radical (unpaired) electrons. The van der Waals surface area contributed by atoms with Gasteiger partial charge in [-0.05, 0) is 31.2 Å². The molecular weight excluding hydrogens is 510 g/mol. The standard InChI is InChI=1S/C28H33NO10/c1-5-20(31)19-8-6-7-9-21(19)37-28-23(29-16(3)30)25(36-15(2)26(32)33)24-22(38-28)14-35-27(39-24)17-10-12-18(34-4)13-11-17/h6-13,15,22-25,27-28H,5,14H2,1-4H3,(H,29,30)(H,32,33). The summed E-state index contributed by atoms with van der Waals surface area (Å²) >= 11 is 0. The van der Waals surface area contributed by atoms with Crippen LogP contribution in [0.4, 0.5) is 0 Å². The van der Waals surface area contributed by atoms with Crippen LogP contribution in [-0.2, 0) is 28.5 Å². The third-order valence-electron chi connectivity index (χ3n) is 6.56. The maximum Gasteiger partial charge on any atom is 0.332 e. The van der Waals surface area contributed by atoms with Crippen molar-refractivity contribution < 1.29 is 47.9 Å². The van der Waals surface area contributed by atoms with E-state index in [-0.39, 0.29) is 24.6 Å². The molecule has 0 aromatic heterocycles. The second-order valence-corrected chi connectivity index (χ2v) is 9.28. The summed E-state index contributed by atoms with van der Waals surface area (Å²) in [4.78, 5) is 36.6. The lowest BCUT2D eigenvalue weighted by atomic mass is 9.94. The van der Waals surface area contributed by atoms with E-state index in [4.69, 9.17) is 28.4 Å². The summed E-state index contributed by atoms with van der Waals surface area (Å²) in [5, 5.41) is 12.4. The number of aliphatic carboxylic acids is 1. The molecule has 0 spiro atoms. The fourth-order valence-electron chi connectivity index (χ4n) is 4.56. The zero-order valence-electron chi connectivity index (χ0n) is 22.2. The third kappa shape index (κ3) is 6.56. The van der Waals surface area contributed by atoms with Crippen LogP contribution >= 0.6 is 0 Å². The molecule has 0 aliphatic carbocycles. The Labute approximate surface area is 226 Å². The largest absolute Gasteiger partial charge is 0.497 e. The summed E-state index contributed by atoms with van der Waals surface area (Å²) in [6, 6.07) is 12.9. The van der Waals surface area contributed by atoms with Gasteiger partial charge in [-0.25, -0.2) is 4.79 Å². The molecule has 7 atom stereocenters. The highest BCUT2D eigenvalue weighted by molar-refractivity contribution is 5.98. The number of ketones is 1. The number of rotatable bonds is 10. The molecule has 4 rings (SSSR count). The first kappa shape index (κ1) is 28.5. The van der Waals surface area contributed by atoms with Crippen LogP contribution in [0.5, 0.6) is 11.5 Å². The second-order valence-electron chi connectivity index (χ2n) is 9.28. The van der Waals surface area contributed by atoms with Crippen LogP contribution < -0.4 is 14.8 Å². The van der Waals surface area contributed by atoms with Crippen molar-refractivity contribution >= 4 is 17.7 Å². The van der Waals surface area contributed by atoms with Gasteiger partial charge in [-0.3, -0.25) is 9.59 Å². The fourth-order valence-corrected chi connectivity index (χ4v) is 4.56. The molecule has 2 aliphatic heterocycles. The third-order valence-corrected chi connectivity index (χ3v) is 6.56. The van der Waals surface area contributed by atoms with Crippen LogP contribution in [0.2, 0.25) is 0 Å². The Kier molecular flexibility index (Phi) is 9.18. The van der Waals surface area contributed by atoms with Gasteiger partial charge < -0.3 is 38.8 Å². The van der Waals surface area contributed by atoms with Gasteiger partial charge in [-0.15, -0.1) is 0 Å². The normalized spacial score (nSPS) is 27.1. The minimum absolute atomic E-state index is 0.0743. The molecule has 2 fully saturated rings. The van der Waals surface area contributed by atoms with Gasteiger partial charge in [0.15, 0.2) is 18.2 Å². The number of para-hydroxylation sites is 1. The van der Waals surface area contributed by atoms with Gasteiger partial charge in [-0.1, -0.05) is 31.2 Å². The smallest absolute Gasteiger partial charge is 0.332 e. The monoisotopic (exact) mass is 543 g/mol. The van der Waals surface area contributed by atoms with Crippen LogP contribution in [0, 0.1) is 0 Å². The summed E-state index contributed by atoms with van der Waals surface area (Å²) in [7, 11) is 1.56.